The van der Waals surface area contributed by atoms with Gasteiger partial charge in [0, 0.05) is 29.2 Å². The molecule has 154 valence electrons. The number of carbonyl (C=O) groups is 1. The number of para-hydroxylation sites is 1. The van der Waals surface area contributed by atoms with E-state index in [9.17, 15) is 4.79 Å². The molecule has 0 fully saturated rings. The molecule has 0 aliphatic rings. The zero-order chi connectivity index (χ0) is 20.9. The van der Waals surface area contributed by atoms with Crippen LogP contribution in [0.2, 0.25) is 0 Å². The Kier molecular flexibility index (Phi) is 5.65. The van der Waals surface area contributed by atoms with Crippen molar-refractivity contribution in [3.8, 4) is 22.8 Å². The minimum Gasteiger partial charge on any atom is -0.493 e. The molecule has 4 aromatic rings. The highest BCUT2D eigenvalue weighted by Gasteiger charge is 2.11. The number of fused-ring (bicyclic) bond motifs is 1. The van der Waals surface area contributed by atoms with Crippen LogP contribution in [0.15, 0.2) is 54.9 Å². The van der Waals surface area contributed by atoms with E-state index in [1.54, 1.807) is 20.4 Å². The molecule has 2 N–H and O–H groups in total. The summed E-state index contributed by atoms with van der Waals surface area (Å²) in [5, 5.41) is 12.3. The second kappa shape index (κ2) is 8.69. The SMILES string of the molecule is COc1ccc(-c2cn(CC(=O)NCCc3c[nH]c4ccccc34)nn2)cc1OC. The third-order valence-corrected chi connectivity index (χ3v) is 4.91. The van der Waals surface area contributed by atoms with Gasteiger partial charge in [-0.3, -0.25) is 4.79 Å². The Morgan fingerprint density at radius 3 is 2.80 bits per heavy atom. The normalized spacial score (nSPS) is 10.9. The van der Waals surface area contributed by atoms with Crippen LogP contribution in [0, 0.1) is 0 Å². The molecule has 0 aliphatic carbocycles. The van der Waals surface area contributed by atoms with Crippen LogP contribution < -0.4 is 14.8 Å². The van der Waals surface area contributed by atoms with Gasteiger partial charge >= 0.3 is 0 Å². The summed E-state index contributed by atoms with van der Waals surface area (Å²) in [6, 6.07) is 13.6. The first-order valence-corrected chi connectivity index (χ1v) is 9.62. The highest BCUT2D eigenvalue weighted by Crippen LogP contribution is 2.31. The summed E-state index contributed by atoms with van der Waals surface area (Å²) in [6.07, 6.45) is 4.48. The van der Waals surface area contributed by atoms with E-state index in [2.05, 4.69) is 26.7 Å². The molecule has 0 spiro atoms. The van der Waals surface area contributed by atoms with Crippen molar-refractivity contribution >= 4 is 16.8 Å². The fraction of sp³-hybridized carbons (Fsp3) is 0.227. The van der Waals surface area contributed by atoms with Gasteiger partial charge in [-0.05, 0) is 36.2 Å². The van der Waals surface area contributed by atoms with E-state index in [-0.39, 0.29) is 12.5 Å². The molecule has 8 heteroatoms. The molecule has 0 atom stereocenters. The standard InChI is InChI=1S/C22H23N5O3/c1-29-20-8-7-15(11-21(20)30-2)19-13-27(26-25-19)14-22(28)23-10-9-16-12-24-18-6-4-3-5-17(16)18/h3-8,11-13,24H,9-10,14H2,1-2H3,(H,23,28). The molecule has 0 unspecified atom stereocenters. The first-order chi connectivity index (χ1) is 14.7. The Balaban J connectivity index is 1.34. The molecule has 0 saturated carbocycles. The van der Waals surface area contributed by atoms with Crippen LogP contribution in [-0.4, -0.2) is 46.6 Å². The molecule has 1 amide bonds. The number of rotatable bonds is 8. The maximum absolute atomic E-state index is 12.3. The number of amides is 1. The van der Waals surface area contributed by atoms with E-state index >= 15 is 0 Å². The molecule has 2 aromatic carbocycles. The second-order valence-electron chi connectivity index (χ2n) is 6.83. The zero-order valence-corrected chi connectivity index (χ0v) is 16.9. The Morgan fingerprint density at radius 2 is 1.97 bits per heavy atom. The summed E-state index contributed by atoms with van der Waals surface area (Å²) in [5.41, 5.74) is 3.77. The second-order valence-corrected chi connectivity index (χ2v) is 6.83. The Morgan fingerprint density at radius 1 is 1.13 bits per heavy atom. The Hall–Kier alpha value is -3.81. The van der Waals surface area contributed by atoms with Crippen LogP contribution in [0.5, 0.6) is 11.5 Å². The molecule has 0 saturated heterocycles. The van der Waals surface area contributed by atoms with Crippen LogP contribution in [0.3, 0.4) is 0 Å². The van der Waals surface area contributed by atoms with Gasteiger partial charge in [-0.25, -0.2) is 4.68 Å². The molecule has 30 heavy (non-hydrogen) atoms. The number of benzene rings is 2. The summed E-state index contributed by atoms with van der Waals surface area (Å²) in [6.45, 7) is 0.659. The van der Waals surface area contributed by atoms with Crippen molar-refractivity contribution in [2.45, 2.75) is 13.0 Å². The number of hydrogen-bond donors (Lipinski definition) is 2. The molecule has 0 radical (unpaired) electrons. The lowest BCUT2D eigenvalue weighted by molar-refractivity contribution is -0.121. The maximum Gasteiger partial charge on any atom is 0.241 e. The number of hydrogen-bond acceptors (Lipinski definition) is 5. The number of methoxy groups -OCH3 is 2. The van der Waals surface area contributed by atoms with Gasteiger partial charge in [0.15, 0.2) is 11.5 Å². The largest absolute Gasteiger partial charge is 0.493 e. The summed E-state index contributed by atoms with van der Waals surface area (Å²) < 4.78 is 12.1. The molecule has 8 nitrogen and oxygen atoms in total. The van der Waals surface area contributed by atoms with Gasteiger partial charge in [-0.2, -0.15) is 0 Å². The van der Waals surface area contributed by atoms with Crippen molar-refractivity contribution in [3.63, 3.8) is 0 Å². The first-order valence-electron chi connectivity index (χ1n) is 9.62. The monoisotopic (exact) mass is 405 g/mol. The average molecular weight is 405 g/mol. The van der Waals surface area contributed by atoms with Crippen LogP contribution in [-0.2, 0) is 17.8 Å². The lowest BCUT2D eigenvalue weighted by atomic mass is 10.1. The number of aromatic amines is 1. The summed E-state index contributed by atoms with van der Waals surface area (Å²) in [4.78, 5) is 15.5. The summed E-state index contributed by atoms with van der Waals surface area (Å²) >= 11 is 0. The highest BCUT2D eigenvalue weighted by molar-refractivity contribution is 5.83. The summed E-state index contributed by atoms with van der Waals surface area (Å²) in [5.74, 6) is 1.14. The van der Waals surface area contributed by atoms with E-state index in [0.29, 0.717) is 23.7 Å². The number of nitrogens with zero attached hydrogens (tertiary/aromatic N) is 3. The minimum atomic E-state index is -0.112. The number of nitrogens with one attached hydrogen (secondary N) is 2. The maximum atomic E-state index is 12.3. The average Bonchev–Trinajstić information content (AvgIpc) is 3.40. The van der Waals surface area contributed by atoms with E-state index in [0.717, 1.165) is 17.5 Å². The zero-order valence-electron chi connectivity index (χ0n) is 16.9. The molecular formula is C22H23N5O3. The fourth-order valence-electron chi connectivity index (χ4n) is 3.38. The van der Waals surface area contributed by atoms with Gasteiger partial charge in [-0.1, -0.05) is 23.4 Å². The third kappa shape index (κ3) is 4.12. The predicted octanol–water partition coefficient (Wildman–Crippen LogP) is 2.80. The third-order valence-electron chi connectivity index (χ3n) is 4.91. The molecule has 2 heterocycles. The number of aromatic nitrogens is 4. The molecule has 0 bridgehead atoms. The van der Waals surface area contributed by atoms with Crippen molar-refractivity contribution in [3.05, 3.63) is 60.4 Å². The highest BCUT2D eigenvalue weighted by atomic mass is 16.5. The quantitative estimate of drug-likeness (QED) is 0.470. The van der Waals surface area contributed by atoms with Crippen LogP contribution in [0.1, 0.15) is 5.56 Å². The van der Waals surface area contributed by atoms with Crippen LogP contribution in [0.25, 0.3) is 22.2 Å². The van der Waals surface area contributed by atoms with Gasteiger partial charge in [0.05, 0.1) is 20.4 Å². The van der Waals surface area contributed by atoms with Crippen molar-refractivity contribution in [1.29, 1.82) is 0 Å². The Bertz CT molecular complexity index is 1160. The fourth-order valence-corrected chi connectivity index (χ4v) is 3.38. The van der Waals surface area contributed by atoms with E-state index in [4.69, 9.17) is 9.47 Å². The van der Waals surface area contributed by atoms with Gasteiger partial charge in [0.25, 0.3) is 0 Å². The molecular weight excluding hydrogens is 382 g/mol. The van der Waals surface area contributed by atoms with Gasteiger partial charge in [-0.15, -0.1) is 5.10 Å². The summed E-state index contributed by atoms with van der Waals surface area (Å²) in [7, 11) is 3.17. The van der Waals surface area contributed by atoms with Gasteiger partial charge < -0.3 is 19.8 Å². The van der Waals surface area contributed by atoms with Crippen molar-refractivity contribution in [2.75, 3.05) is 20.8 Å². The van der Waals surface area contributed by atoms with Crippen molar-refractivity contribution in [2.24, 2.45) is 0 Å². The van der Waals surface area contributed by atoms with E-state index in [1.165, 1.54) is 15.6 Å². The van der Waals surface area contributed by atoms with Crippen LogP contribution in [0.4, 0.5) is 0 Å². The Labute approximate surface area is 173 Å². The molecule has 2 aromatic heterocycles. The van der Waals surface area contributed by atoms with Crippen molar-refractivity contribution < 1.29 is 14.3 Å². The minimum absolute atomic E-state index is 0.105. The predicted molar refractivity (Wildman–Crippen MR) is 114 cm³/mol. The van der Waals surface area contributed by atoms with E-state index < -0.39 is 0 Å². The lowest BCUT2D eigenvalue weighted by Crippen LogP contribution is -2.29. The van der Waals surface area contributed by atoms with Gasteiger partial charge in [0.2, 0.25) is 5.91 Å². The lowest BCUT2D eigenvalue weighted by Gasteiger charge is -2.08. The van der Waals surface area contributed by atoms with E-state index in [1.807, 2.05) is 42.6 Å². The number of carbonyl (C=O) groups excluding carboxylic acids is 1. The number of ether oxygens (including phenoxy) is 2. The van der Waals surface area contributed by atoms with Gasteiger partial charge in [0.1, 0.15) is 12.2 Å². The molecule has 4 rings (SSSR count). The smallest absolute Gasteiger partial charge is 0.241 e. The van der Waals surface area contributed by atoms with Crippen molar-refractivity contribution in [1.82, 2.24) is 25.3 Å². The number of H-pyrrole nitrogens is 1. The first kappa shape index (κ1) is 19.5. The van der Waals surface area contributed by atoms with Crippen LogP contribution >= 0.6 is 0 Å². The molecule has 0 aliphatic heterocycles. The topological polar surface area (TPSA) is 94.1 Å².